The Balaban J connectivity index is 1.65. The van der Waals surface area contributed by atoms with Crippen molar-refractivity contribution in [1.29, 1.82) is 0 Å². The molecule has 4 aromatic rings. The van der Waals surface area contributed by atoms with Gasteiger partial charge in [0, 0.05) is 22.7 Å². The smallest absolute Gasteiger partial charge is 0.269 e. The van der Waals surface area contributed by atoms with Gasteiger partial charge in [-0.1, -0.05) is 10.6 Å². The average molecular weight is 350 g/mol. The molecule has 0 spiro atoms. The number of aromatic amines is 1. The van der Waals surface area contributed by atoms with E-state index in [-0.39, 0.29) is 5.91 Å². The summed E-state index contributed by atoms with van der Waals surface area (Å²) in [5, 5.41) is 8.03. The molecule has 2 heterocycles. The zero-order valence-electron chi connectivity index (χ0n) is 13.3. The van der Waals surface area contributed by atoms with Gasteiger partial charge in [0.1, 0.15) is 16.3 Å². The number of nitrogens with one attached hydrogen (secondary N) is 2. The molecule has 0 aliphatic carbocycles. The summed E-state index contributed by atoms with van der Waals surface area (Å²) in [6, 6.07) is 15.0. The van der Waals surface area contributed by atoms with Gasteiger partial charge in [0.05, 0.1) is 12.8 Å². The minimum absolute atomic E-state index is 0.227. The first-order chi connectivity index (χ1) is 12.3. The molecule has 0 bridgehead atoms. The fourth-order valence-corrected chi connectivity index (χ4v) is 3.23. The van der Waals surface area contributed by atoms with Crippen LogP contribution < -0.4 is 10.1 Å². The number of fused-ring (bicyclic) bond motifs is 1. The molecule has 124 valence electrons. The summed E-state index contributed by atoms with van der Waals surface area (Å²) in [5.41, 5.74) is 3.10. The number of carbonyl (C=O) groups is 1. The number of methoxy groups -OCH3 is 1. The molecule has 0 radical (unpaired) electrons. The van der Waals surface area contributed by atoms with Crippen LogP contribution >= 0.6 is 11.5 Å². The van der Waals surface area contributed by atoms with Crippen molar-refractivity contribution in [2.45, 2.75) is 0 Å². The van der Waals surface area contributed by atoms with Gasteiger partial charge < -0.3 is 15.0 Å². The van der Waals surface area contributed by atoms with E-state index in [0.29, 0.717) is 10.6 Å². The van der Waals surface area contributed by atoms with Gasteiger partial charge in [0.15, 0.2) is 0 Å². The monoisotopic (exact) mass is 350 g/mol. The van der Waals surface area contributed by atoms with E-state index < -0.39 is 0 Å². The Labute approximate surface area is 147 Å². The van der Waals surface area contributed by atoms with Crippen molar-refractivity contribution in [2.24, 2.45) is 0 Å². The lowest BCUT2D eigenvalue weighted by atomic mass is 10.1. The lowest BCUT2D eigenvalue weighted by Gasteiger charge is -2.06. The van der Waals surface area contributed by atoms with Gasteiger partial charge in [-0.25, -0.2) is 0 Å². The van der Waals surface area contributed by atoms with Crippen molar-refractivity contribution in [3.63, 3.8) is 0 Å². The highest BCUT2D eigenvalue weighted by atomic mass is 32.1. The third-order valence-electron chi connectivity index (χ3n) is 3.90. The van der Waals surface area contributed by atoms with Crippen molar-refractivity contribution in [3.05, 3.63) is 59.6 Å². The Kier molecular flexibility index (Phi) is 3.91. The number of hydrogen-bond donors (Lipinski definition) is 2. The number of amides is 1. The summed E-state index contributed by atoms with van der Waals surface area (Å²) in [4.78, 5) is 16.3. The summed E-state index contributed by atoms with van der Waals surface area (Å²) in [7, 11) is 1.61. The molecule has 0 aliphatic heterocycles. The van der Waals surface area contributed by atoms with Crippen LogP contribution in [0.5, 0.6) is 5.75 Å². The molecule has 0 unspecified atom stereocenters. The number of hydrogen-bond acceptors (Lipinski definition) is 5. The van der Waals surface area contributed by atoms with E-state index >= 15 is 0 Å². The van der Waals surface area contributed by atoms with E-state index in [0.717, 1.165) is 39.4 Å². The molecular weight excluding hydrogens is 336 g/mol. The van der Waals surface area contributed by atoms with Crippen molar-refractivity contribution in [2.75, 3.05) is 12.4 Å². The van der Waals surface area contributed by atoms with E-state index in [4.69, 9.17) is 4.74 Å². The molecule has 0 aliphatic rings. The molecule has 0 saturated heterocycles. The first-order valence-corrected chi connectivity index (χ1v) is 8.38. The number of H-pyrrole nitrogens is 1. The molecule has 2 N–H and O–H groups in total. The number of carbonyl (C=O) groups excluding carboxylic acids is 1. The molecule has 0 fully saturated rings. The van der Waals surface area contributed by atoms with Gasteiger partial charge in [-0.2, -0.15) is 0 Å². The minimum atomic E-state index is -0.227. The predicted octanol–water partition coefficient (Wildman–Crippen LogP) is 3.95. The predicted molar refractivity (Wildman–Crippen MR) is 98.1 cm³/mol. The second kappa shape index (κ2) is 6.37. The molecule has 6 nitrogen and oxygen atoms in total. The van der Waals surface area contributed by atoms with Gasteiger partial charge >= 0.3 is 0 Å². The fourth-order valence-electron chi connectivity index (χ4n) is 2.65. The SMILES string of the molecule is COc1ccc(-c2nnsc2C(=O)Nc2cccc3[nH]ccc23)cc1. The molecule has 2 aromatic heterocycles. The highest BCUT2D eigenvalue weighted by Crippen LogP contribution is 2.28. The largest absolute Gasteiger partial charge is 0.497 e. The van der Waals surface area contributed by atoms with Crippen LogP contribution in [0.2, 0.25) is 0 Å². The summed E-state index contributed by atoms with van der Waals surface area (Å²) in [5.74, 6) is 0.520. The van der Waals surface area contributed by atoms with Crippen LogP contribution in [0, 0.1) is 0 Å². The van der Waals surface area contributed by atoms with Crippen molar-refractivity contribution < 1.29 is 9.53 Å². The van der Waals surface area contributed by atoms with Crippen LogP contribution in [0.1, 0.15) is 9.67 Å². The van der Waals surface area contributed by atoms with Gasteiger partial charge in [0.2, 0.25) is 0 Å². The van der Waals surface area contributed by atoms with Gasteiger partial charge in [-0.15, -0.1) is 5.10 Å². The number of rotatable bonds is 4. The number of anilines is 1. The Hall–Kier alpha value is -3.19. The van der Waals surface area contributed by atoms with Crippen molar-refractivity contribution in [3.8, 4) is 17.0 Å². The molecule has 4 rings (SSSR count). The quantitative estimate of drug-likeness (QED) is 0.584. The summed E-state index contributed by atoms with van der Waals surface area (Å²) in [6.45, 7) is 0. The highest BCUT2D eigenvalue weighted by Gasteiger charge is 2.18. The lowest BCUT2D eigenvalue weighted by molar-refractivity contribution is 0.103. The highest BCUT2D eigenvalue weighted by molar-refractivity contribution is 7.08. The Morgan fingerprint density at radius 3 is 2.80 bits per heavy atom. The molecule has 2 aromatic carbocycles. The second-order valence-electron chi connectivity index (χ2n) is 5.38. The Morgan fingerprint density at radius 1 is 1.16 bits per heavy atom. The van der Waals surface area contributed by atoms with Gasteiger partial charge in [-0.05, 0) is 54.0 Å². The maximum Gasteiger partial charge on any atom is 0.269 e. The van der Waals surface area contributed by atoms with Crippen molar-refractivity contribution in [1.82, 2.24) is 14.6 Å². The topological polar surface area (TPSA) is 79.9 Å². The van der Waals surface area contributed by atoms with Gasteiger partial charge in [0.25, 0.3) is 5.91 Å². The second-order valence-corrected chi connectivity index (χ2v) is 6.13. The summed E-state index contributed by atoms with van der Waals surface area (Å²) in [6.07, 6.45) is 1.84. The van der Waals surface area contributed by atoms with E-state index in [2.05, 4.69) is 19.9 Å². The average Bonchev–Trinajstić information content (AvgIpc) is 3.31. The number of ether oxygens (including phenoxy) is 1. The molecule has 1 amide bonds. The molecular formula is C18H14N4O2S. The van der Waals surface area contributed by atoms with Crippen LogP contribution in [-0.2, 0) is 0 Å². The van der Waals surface area contributed by atoms with Crippen LogP contribution in [0.15, 0.2) is 54.7 Å². The number of benzene rings is 2. The van der Waals surface area contributed by atoms with E-state index in [1.807, 2.05) is 54.7 Å². The maximum atomic E-state index is 12.7. The van der Waals surface area contributed by atoms with Crippen LogP contribution in [0.3, 0.4) is 0 Å². The number of aromatic nitrogens is 3. The van der Waals surface area contributed by atoms with E-state index in [9.17, 15) is 4.79 Å². The fraction of sp³-hybridized carbons (Fsp3) is 0.0556. The zero-order chi connectivity index (χ0) is 17.2. The van der Waals surface area contributed by atoms with E-state index in [1.165, 1.54) is 0 Å². The summed E-state index contributed by atoms with van der Waals surface area (Å²) < 4.78 is 9.11. The third-order valence-corrected chi connectivity index (χ3v) is 4.63. The molecule has 7 heteroatoms. The Morgan fingerprint density at radius 2 is 2.00 bits per heavy atom. The summed E-state index contributed by atoms with van der Waals surface area (Å²) >= 11 is 1.08. The maximum absolute atomic E-state index is 12.7. The van der Waals surface area contributed by atoms with Gasteiger partial charge in [-0.3, -0.25) is 4.79 Å². The van der Waals surface area contributed by atoms with Crippen LogP contribution in [0.4, 0.5) is 5.69 Å². The lowest BCUT2D eigenvalue weighted by Crippen LogP contribution is -2.11. The standard InChI is InChI=1S/C18H14N4O2S/c1-24-12-7-5-11(6-8-12)16-17(25-22-21-16)18(23)20-15-4-2-3-14-13(15)9-10-19-14/h2-10,19H,1H3,(H,20,23). The van der Waals surface area contributed by atoms with Crippen molar-refractivity contribution >= 4 is 34.0 Å². The van der Waals surface area contributed by atoms with Crippen LogP contribution in [0.25, 0.3) is 22.2 Å². The molecule has 0 atom stereocenters. The first-order valence-electron chi connectivity index (χ1n) is 7.60. The molecule has 25 heavy (non-hydrogen) atoms. The van der Waals surface area contributed by atoms with Crippen LogP contribution in [-0.4, -0.2) is 27.6 Å². The third kappa shape index (κ3) is 2.85. The normalized spacial score (nSPS) is 10.8. The first kappa shape index (κ1) is 15.3. The molecule has 0 saturated carbocycles. The number of nitrogens with zero attached hydrogens (tertiary/aromatic N) is 2. The Bertz CT molecular complexity index is 1040. The zero-order valence-corrected chi connectivity index (χ0v) is 14.1. The van der Waals surface area contributed by atoms with E-state index in [1.54, 1.807) is 7.11 Å². The minimum Gasteiger partial charge on any atom is -0.497 e.